The molecule has 1 heterocycles. The molecule has 1 unspecified atom stereocenters. The summed E-state index contributed by atoms with van der Waals surface area (Å²) >= 11 is 3.46. The van der Waals surface area contributed by atoms with Crippen molar-refractivity contribution in [3.8, 4) is 11.4 Å². The summed E-state index contributed by atoms with van der Waals surface area (Å²) in [5.74, 6) is 0.832. The average molecular weight is 346 g/mol. The van der Waals surface area contributed by atoms with Crippen LogP contribution in [0.3, 0.4) is 0 Å². The van der Waals surface area contributed by atoms with Crippen LogP contribution < -0.4 is 5.32 Å². The molecule has 1 aromatic carbocycles. The van der Waals surface area contributed by atoms with Gasteiger partial charge in [-0.2, -0.15) is 0 Å². The first kappa shape index (κ1) is 14.7. The van der Waals surface area contributed by atoms with E-state index < -0.39 is 0 Å². The van der Waals surface area contributed by atoms with E-state index in [0.29, 0.717) is 6.04 Å². The number of hydrogen-bond acceptors (Lipinski definition) is 3. The smallest absolute Gasteiger partial charge is 0.159 e. The standard InChI is InChI=1S/C17H20BrN3/c1-2-19-15-5-3-4-6-16-14(15)11-20-17(21-16)12-7-9-13(18)10-8-12/h7-11,15,19H,2-6H2,1H3. The fourth-order valence-electron chi connectivity index (χ4n) is 2.91. The molecule has 1 aliphatic rings. The van der Waals surface area contributed by atoms with Gasteiger partial charge in [-0.15, -0.1) is 0 Å². The highest BCUT2D eigenvalue weighted by Gasteiger charge is 2.20. The van der Waals surface area contributed by atoms with E-state index >= 15 is 0 Å². The zero-order valence-electron chi connectivity index (χ0n) is 12.3. The van der Waals surface area contributed by atoms with Crippen LogP contribution in [0.15, 0.2) is 34.9 Å². The number of fused-ring (bicyclic) bond motifs is 1. The quantitative estimate of drug-likeness (QED) is 0.843. The topological polar surface area (TPSA) is 37.8 Å². The Morgan fingerprint density at radius 1 is 1.24 bits per heavy atom. The van der Waals surface area contributed by atoms with E-state index in [0.717, 1.165) is 28.8 Å². The van der Waals surface area contributed by atoms with Crippen LogP contribution in [0.4, 0.5) is 0 Å². The molecule has 1 aliphatic carbocycles. The minimum absolute atomic E-state index is 0.409. The molecular weight excluding hydrogens is 326 g/mol. The van der Waals surface area contributed by atoms with E-state index in [1.54, 1.807) is 0 Å². The summed E-state index contributed by atoms with van der Waals surface area (Å²) in [5, 5.41) is 3.56. The van der Waals surface area contributed by atoms with Gasteiger partial charge in [-0.25, -0.2) is 9.97 Å². The van der Waals surface area contributed by atoms with Gasteiger partial charge in [0.15, 0.2) is 5.82 Å². The van der Waals surface area contributed by atoms with Gasteiger partial charge in [0.25, 0.3) is 0 Å². The Hall–Kier alpha value is -1.26. The van der Waals surface area contributed by atoms with E-state index in [2.05, 4.69) is 45.3 Å². The molecule has 0 fully saturated rings. The van der Waals surface area contributed by atoms with Crippen LogP contribution in [0.1, 0.15) is 43.5 Å². The van der Waals surface area contributed by atoms with Gasteiger partial charge in [0.1, 0.15) is 0 Å². The average Bonchev–Trinajstić information content (AvgIpc) is 2.70. The number of hydrogen-bond donors (Lipinski definition) is 1. The molecule has 0 aliphatic heterocycles. The van der Waals surface area contributed by atoms with E-state index in [9.17, 15) is 0 Å². The predicted octanol–water partition coefficient (Wildman–Crippen LogP) is 4.28. The van der Waals surface area contributed by atoms with Crippen molar-refractivity contribution in [3.63, 3.8) is 0 Å². The van der Waals surface area contributed by atoms with E-state index in [-0.39, 0.29) is 0 Å². The fourth-order valence-corrected chi connectivity index (χ4v) is 3.17. The molecule has 4 heteroatoms. The van der Waals surface area contributed by atoms with Crippen molar-refractivity contribution >= 4 is 15.9 Å². The maximum Gasteiger partial charge on any atom is 0.159 e. The van der Waals surface area contributed by atoms with Crippen LogP contribution in [-0.2, 0) is 6.42 Å². The zero-order valence-corrected chi connectivity index (χ0v) is 13.9. The maximum atomic E-state index is 4.84. The highest BCUT2D eigenvalue weighted by atomic mass is 79.9. The Kier molecular flexibility index (Phi) is 4.66. The van der Waals surface area contributed by atoms with Crippen LogP contribution in [0.25, 0.3) is 11.4 Å². The summed E-state index contributed by atoms with van der Waals surface area (Å²) in [6, 6.07) is 8.60. The second-order valence-corrected chi connectivity index (χ2v) is 6.37. The first-order valence-corrected chi connectivity index (χ1v) is 8.42. The lowest BCUT2D eigenvalue weighted by Crippen LogP contribution is -2.21. The monoisotopic (exact) mass is 345 g/mol. The van der Waals surface area contributed by atoms with Crippen LogP contribution in [0.2, 0.25) is 0 Å². The Morgan fingerprint density at radius 2 is 2.05 bits per heavy atom. The third-order valence-corrected chi connectivity index (χ3v) is 4.51. The Balaban J connectivity index is 1.96. The number of nitrogens with zero attached hydrogens (tertiary/aromatic N) is 2. The Bertz CT molecular complexity index is 610. The summed E-state index contributed by atoms with van der Waals surface area (Å²) in [7, 11) is 0. The van der Waals surface area contributed by atoms with Gasteiger partial charge in [-0.3, -0.25) is 0 Å². The first-order valence-electron chi connectivity index (χ1n) is 7.63. The summed E-state index contributed by atoms with van der Waals surface area (Å²) in [4.78, 5) is 9.44. The summed E-state index contributed by atoms with van der Waals surface area (Å²) in [6.45, 7) is 3.14. The lowest BCUT2D eigenvalue weighted by Gasteiger charge is -2.18. The molecule has 3 rings (SSSR count). The predicted molar refractivity (Wildman–Crippen MR) is 89.1 cm³/mol. The van der Waals surface area contributed by atoms with Gasteiger partial charge < -0.3 is 5.32 Å². The van der Waals surface area contributed by atoms with Crippen molar-refractivity contribution in [1.82, 2.24) is 15.3 Å². The number of aryl methyl sites for hydroxylation is 1. The number of halogens is 1. The maximum absolute atomic E-state index is 4.84. The van der Waals surface area contributed by atoms with Crippen LogP contribution in [0.5, 0.6) is 0 Å². The van der Waals surface area contributed by atoms with Crippen LogP contribution in [0, 0.1) is 0 Å². The molecule has 1 aromatic heterocycles. The molecule has 110 valence electrons. The molecule has 1 N–H and O–H groups in total. The molecule has 0 spiro atoms. The molecule has 21 heavy (non-hydrogen) atoms. The molecule has 2 aromatic rings. The van der Waals surface area contributed by atoms with Crippen molar-refractivity contribution in [2.45, 2.75) is 38.6 Å². The second-order valence-electron chi connectivity index (χ2n) is 5.46. The van der Waals surface area contributed by atoms with Crippen molar-refractivity contribution in [2.24, 2.45) is 0 Å². The van der Waals surface area contributed by atoms with Crippen LogP contribution >= 0.6 is 15.9 Å². The normalized spacial score (nSPS) is 18.1. The van der Waals surface area contributed by atoms with Gasteiger partial charge in [0.05, 0.1) is 0 Å². The SMILES string of the molecule is CCNC1CCCCc2nc(-c3ccc(Br)cc3)ncc21. The van der Waals surface area contributed by atoms with Crippen molar-refractivity contribution in [3.05, 3.63) is 46.2 Å². The van der Waals surface area contributed by atoms with E-state index in [4.69, 9.17) is 4.98 Å². The molecule has 0 saturated carbocycles. The summed E-state index contributed by atoms with van der Waals surface area (Å²) in [6.07, 6.45) is 6.73. The van der Waals surface area contributed by atoms with Crippen molar-refractivity contribution < 1.29 is 0 Å². The van der Waals surface area contributed by atoms with Crippen molar-refractivity contribution in [1.29, 1.82) is 0 Å². The van der Waals surface area contributed by atoms with E-state index in [1.807, 2.05) is 18.3 Å². The van der Waals surface area contributed by atoms with Gasteiger partial charge in [-0.05, 0) is 37.9 Å². The molecule has 0 bridgehead atoms. The third kappa shape index (κ3) is 3.33. The second kappa shape index (κ2) is 6.67. The highest BCUT2D eigenvalue weighted by molar-refractivity contribution is 9.10. The molecule has 0 amide bonds. The largest absolute Gasteiger partial charge is 0.310 e. The van der Waals surface area contributed by atoms with Gasteiger partial charge >= 0.3 is 0 Å². The third-order valence-electron chi connectivity index (χ3n) is 3.98. The number of rotatable bonds is 3. The minimum atomic E-state index is 0.409. The molecular formula is C17H20BrN3. The molecule has 0 radical (unpaired) electrons. The molecule has 3 nitrogen and oxygen atoms in total. The number of benzene rings is 1. The lowest BCUT2D eigenvalue weighted by atomic mass is 10.0. The minimum Gasteiger partial charge on any atom is -0.310 e. The number of aromatic nitrogens is 2. The highest BCUT2D eigenvalue weighted by Crippen LogP contribution is 2.28. The summed E-state index contributed by atoms with van der Waals surface area (Å²) in [5.41, 5.74) is 3.58. The number of nitrogens with one attached hydrogen (secondary N) is 1. The van der Waals surface area contributed by atoms with Gasteiger partial charge in [0, 0.05) is 33.5 Å². The van der Waals surface area contributed by atoms with Gasteiger partial charge in [0.2, 0.25) is 0 Å². The van der Waals surface area contributed by atoms with Gasteiger partial charge in [-0.1, -0.05) is 41.4 Å². The molecule has 1 atom stereocenters. The van der Waals surface area contributed by atoms with Crippen LogP contribution in [-0.4, -0.2) is 16.5 Å². The van der Waals surface area contributed by atoms with Crippen molar-refractivity contribution in [2.75, 3.05) is 6.54 Å². The zero-order chi connectivity index (χ0) is 14.7. The first-order chi connectivity index (χ1) is 10.3. The lowest BCUT2D eigenvalue weighted by molar-refractivity contribution is 0.502. The summed E-state index contributed by atoms with van der Waals surface area (Å²) < 4.78 is 1.08. The fraction of sp³-hybridized carbons (Fsp3) is 0.412. The molecule has 0 saturated heterocycles. The Labute approximate surface area is 134 Å². The van der Waals surface area contributed by atoms with E-state index in [1.165, 1.54) is 30.5 Å². The Morgan fingerprint density at radius 3 is 2.81 bits per heavy atom.